The molecule has 2 heterocycles. The molecule has 0 aromatic carbocycles. The average molecular weight is 246 g/mol. The standard InChI is InChI=1S/C12H15BN2O3/c1-11(2)12(3,4)18-13(17-11)10-9(16)6-5-8(7-14)15-10/h5-6,16H,1-4H3. The fourth-order valence-electron chi connectivity index (χ4n) is 1.66. The Hall–Kier alpha value is -1.58. The van der Waals surface area contributed by atoms with E-state index in [0.29, 0.717) is 0 Å². The van der Waals surface area contributed by atoms with E-state index >= 15 is 0 Å². The van der Waals surface area contributed by atoms with Crippen molar-refractivity contribution in [2.45, 2.75) is 38.9 Å². The molecule has 18 heavy (non-hydrogen) atoms. The first-order valence-electron chi connectivity index (χ1n) is 5.72. The second-order valence-electron chi connectivity index (χ2n) is 5.30. The lowest BCUT2D eigenvalue weighted by atomic mass is 9.83. The van der Waals surface area contributed by atoms with Crippen LogP contribution in [0.5, 0.6) is 5.75 Å². The Kier molecular flexibility index (Phi) is 2.84. The van der Waals surface area contributed by atoms with Crippen molar-refractivity contribution in [3.8, 4) is 11.8 Å². The molecule has 0 radical (unpaired) electrons. The predicted octanol–water partition coefficient (Wildman–Crippen LogP) is 0.958. The summed E-state index contributed by atoms with van der Waals surface area (Å²) in [6, 6.07) is 4.80. The third-order valence-electron chi connectivity index (χ3n) is 3.49. The Morgan fingerprint density at radius 3 is 2.28 bits per heavy atom. The van der Waals surface area contributed by atoms with Gasteiger partial charge < -0.3 is 14.4 Å². The van der Waals surface area contributed by atoms with Crippen molar-refractivity contribution >= 4 is 12.7 Å². The smallest absolute Gasteiger partial charge is 0.507 e. The molecule has 0 bridgehead atoms. The highest BCUT2D eigenvalue weighted by molar-refractivity contribution is 6.62. The second kappa shape index (κ2) is 3.97. The SMILES string of the molecule is CC1(C)OB(c2nc(C#N)ccc2O)OC1(C)C. The predicted molar refractivity (Wildman–Crippen MR) is 66.3 cm³/mol. The molecule has 0 atom stereocenters. The van der Waals surface area contributed by atoms with E-state index in [1.165, 1.54) is 12.1 Å². The van der Waals surface area contributed by atoms with Crippen LogP contribution in [0.4, 0.5) is 0 Å². The molecular weight excluding hydrogens is 231 g/mol. The highest BCUT2D eigenvalue weighted by atomic mass is 16.7. The second-order valence-corrected chi connectivity index (χ2v) is 5.30. The van der Waals surface area contributed by atoms with Crippen molar-refractivity contribution < 1.29 is 14.4 Å². The fourth-order valence-corrected chi connectivity index (χ4v) is 1.66. The number of pyridine rings is 1. The Morgan fingerprint density at radius 2 is 1.78 bits per heavy atom. The molecule has 1 aromatic rings. The Labute approximate surface area is 107 Å². The molecule has 6 heteroatoms. The highest BCUT2D eigenvalue weighted by Crippen LogP contribution is 2.36. The minimum atomic E-state index is -0.761. The van der Waals surface area contributed by atoms with Crippen LogP contribution in [-0.2, 0) is 9.31 Å². The molecule has 1 aromatic heterocycles. The van der Waals surface area contributed by atoms with Gasteiger partial charge in [-0.2, -0.15) is 5.26 Å². The Balaban J connectivity index is 2.38. The van der Waals surface area contributed by atoms with Gasteiger partial charge in [-0.15, -0.1) is 0 Å². The first-order valence-corrected chi connectivity index (χ1v) is 5.72. The first-order chi connectivity index (χ1) is 8.27. The van der Waals surface area contributed by atoms with Gasteiger partial charge in [-0.3, -0.25) is 0 Å². The number of hydrogen-bond acceptors (Lipinski definition) is 5. The van der Waals surface area contributed by atoms with Gasteiger partial charge in [-0.1, -0.05) is 0 Å². The summed E-state index contributed by atoms with van der Waals surface area (Å²) in [7, 11) is -0.761. The van der Waals surface area contributed by atoms with Gasteiger partial charge in [0.15, 0.2) is 0 Å². The van der Waals surface area contributed by atoms with Crippen molar-refractivity contribution in [2.24, 2.45) is 0 Å². The van der Waals surface area contributed by atoms with Gasteiger partial charge in [0.25, 0.3) is 0 Å². The topological polar surface area (TPSA) is 75.4 Å². The molecule has 5 nitrogen and oxygen atoms in total. The summed E-state index contributed by atoms with van der Waals surface area (Å²) in [5.41, 5.74) is -0.548. The summed E-state index contributed by atoms with van der Waals surface area (Å²) < 4.78 is 11.6. The van der Waals surface area contributed by atoms with Crippen molar-refractivity contribution in [3.63, 3.8) is 0 Å². The summed E-state index contributed by atoms with van der Waals surface area (Å²) in [5, 5.41) is 18.6. The van der Waals surface area contributed by atoms with Crippen LogP contribution >= 0.6 is 0 Å². The molecule has 0 amide bonds. The lowest BCUT2D eigenvalue weighted by molar-refractivity contribution is 0.00578. The summed E-state index contributed by atoms with van der Waals surface area (Å²) in [6.07, 6.45) is 0. The maximum absolute atomic E-state index is 9.80. The van der Waals surface area contributed by atoms with Crippen molar-refractivity contribution in [2.75, 3.05) is 0 Å². The van der Waals surface area contributed by atoms with Crippen LogP contribution < -0.4 is 5.59 Å². The van der Waals surface area contributed by atoms with Crippen LogP contribution in [0.3, 0.4) is 0 Å². The minimum absolute atomic E-state index is 0.0347. The molecule has 0 unspecified atom stereocenters. The summed E-state index contributed by atoms with van der Waals surface area (Å²) in [6.45, 7) is 7.66. The number of hydrogen-bond donors (Lipinski definition) is 1. The number of aromatic hydroxyl groups is 1. The minimum Gasteiger partial charge on any atom is -0.507 e. The molecule has 0 spiro atoms. The largest absolute Gasteiger partial charge is 0.518 e. The third-order valence-corrected chi connectivity index (χ3v) is 3.49. The Bertz CT molecular complexity index is 507. The zero-order chi connectivity index (χ0) is 13.6. The lowest BCUT2D eigenvalue weighted by Crippen LogP contribution is -2.41. The van der Waals surface area contributed by atoms with Gasteiger partial charge in [0.2, 0.25) is 0 Å². The molecule has 1 fully saturated rings. The summed E-state index contributed by atoms with van der Waals surface area (Å²) in [5.74, 6) is -0.0347. The molecule has 1 aliphatic rings. The molecule has 0 aliphatic carbocycles. The van der Waals surface area contributed by atoms with Gasteiger partial charge in [-0.05, 0) is 39.8 Å². The van der Waals surface area contributed by atoms with E-state index in [2.05, 4.69) is 4.98 Å². The number of rotatable bonds is 1. The zero-order valence-electron chi connectivity index (χ0n) is 10.9. The van der Waals surface area contributed by atoms with E-state index in [0.717, 1.165) is 0 Å². The number of nitrogens with zero attached hydrogens (tertiary/aromatic N) is 2. The molecule has 0 saturated carbocycles. The van der Waals surface area contributed by atoms with E-state index in [4.69, 9.17) is 14.6 Å². The first kappa shape index (κ1) is 12.9. The Morgan fingerprint density at radius 1 is 1.22 bits per heavy atom. The van der Waals surface area contributed by atoms with E-state index in [9.17, 15) is 5.11 Å². The van der Waals surface area contributed by atoms with Gasteiger partial charge in [0.1, 0.15) is 23.1 Å². The van der Waals surface area contributed by atoms with Crippen LogP contribution in [0.25, 0.3) is 0 Å². The number of aromatic nitrogens is 1. The summed E-state index contributed by atoms with van der Waals surface area (Å²) >= 11 is 0. The maximum atomic E-state index is 9.80. The monoisotopic (exact) mass is 246 g/mol. The lowest BCUT2D eigenvalue weighted by Gasteiger charge is -2.32. The van der Waals surface area contributed by atoms with Crippen LogP contribution in [0.1, 0.15) is 33.4 Å². The van der Waals surface area contributed by atoms with Gasteiger partial charge >= 0.3 is 7.12 Å². The molecule has 1 saturated heterocycles. The summed E-state index contributed by atoms with van der Waals surface area (Å²) in [4.78, 5) is 4.04. The van der Waals surface area contributed by atoms with E-state index in [1.54, 1.807) is 0 Å². The number of nitriles is 1. The fraction of sp³-hybridized carbons (Fsp3) is 0.500. The van der Waals surface area contributed by atoms with E-state index in [1.807, 2.05) is 33.8 Å². The van der Waals surface area contributed by atoms with Gasteiger partial charge in [-0.25, -0.2) is 4.98 Å². The molecule has 2 rings (SSSR count). The van der Waals surface area contributed by atoms with Gasteiger partial charge in [0.05, 0.1) is 11.2 Å². The van der Waals surface area contributed by atoms with Crippen molar-refractivity contribution in [1.82, 2.24) is 4.98 Å². The normalized spacial score (nSPS) is 20.7. The average Bonchev–Trinajstić information content (AvgIpc) is 2.48. The molecule has 1 aliphatic heterocycles. The van der Waals surface area contributed by atoms with Gasteiger partial charge in [0, 0.05) is 0 Å². The van der Waals surface area contributed by atoms with Crippen LogP contribution in [0, 0.1) is 11.3 Å². The van der Waals surface area contributed by atoms with Crippen LogP contribution in [-0.4, -0.2) is 28.4 Å². The van der Waals surface area contributed by atoms with Crippen molar-refractivity contribution in [1.29, 1.82) is 5.26 Å². The van der Waals surface area contributed by atoms with E-state index in [-0.39, 0.29) is 17.0 Å². The van der Waals surface area contributed by atoms with Crippen molar-refractivity contribution in [3.05, 3.63) is 17.8 Å². The third kappa shape index (κ3) is 1.96. The highest BCUT2D eigenvalue weighted by Gasteiger charge is 2.53. The van der Waals surface area contributed by atoms with Crippen LogP contribution in [0.15, 0.2) is 12.1 Å². The van der Waals surface area contributed by atoms with Crippen LogP contribution in [0.2, 0.25) is 0 Å². The molecular formula is C12H15BN2O3. The van der Waals surface area contributed by atoms with E-state index < -0.39 is 18.3 Å². The quantitative estimate of drug-likeness (QED) is 0.747. The molecule has 94 valence electrons. The maximum Gasteiger partial charge on any atom is 0.518 e. The molecule has 1 N–H and O–H groups in total. The zero-order valence-corrected chi connectivity index (χ0v) is 10.9.